The SMILES string of the molecule is C=CCO[C@H](CO[Si](c1ccccc1)(c1ccccc1)C(C)(C)C)CC(=O)OC.COC(=O)C[C@H](O)CO[Si](c1ccccc1)(c1ccccc1)C(C)(C)C. The lowest BCUT2D eigenvalue weighted by molar-refractivity contribution is -0.144. The first-order chi connectivity index (χ1) is 26.2. The Balaban J connectivity index is 0.000000297. The van der Waals surface area contributed by atoms with Gasteiger partial charge in [0.25, 0.3) is 16.6 Å². The summed E-state index contributed by atoms with van der Waals surface area (Å²) in [6.07, 6.45) is 0.441. The Kier molecular flexibility index (Phi) is 17.4. The number of hydrogen-bond acceptors (Lipinski definition) is 8. The molecule has 0 aliphatic carbocycles. The second kappa shape index (κ2) is 21.2. The minimum atomic E-state index is -2.69. The second-order valence-electron chi connectivity index (χ2n) is 15.4. The predicted octanol–water partition coefficient (Wildman–Crippen LogP) is 6.18. The summed E-state index contributed by atoms with van der Waals surface area (Å²) in [5.41, 5.74) is 0. The number of aliphatic hydroxyl groups excluding tert-OH is 1. The van der Waals surface area contributed by atoms with Crippen LogP contribution in [0.3, 0.4) is 0 Å². The van der Waals surface area contributed by atoms with Crippen molar-refractivity contribution in [3.05, 3.63) is 134 Å². The summed E-state index contributed by atoms with van der Waals surface area (Å²) < 4.78 is 28.7. The van der Waals surface area contributed by atoms with Crippen molar-refractivity contribution in [2.24, 2.45) is 0 Å². The van der Waals surface area contributed by atoms with Gasteiger partial charge >= 0.3 is 11.9 Å². The van der Waals surface area contributed by atoms with Gasteiger partial charge in [-0.1, -0.05) is 169 Å². The van der Waals surface area contributed by atoms with Gasteiger partial charge in [-0.25, -0.2) is 0 Å². The van der Waals surface area contributed by atoms with E-state index in [1.807, 2.05) is 48.5 Å². The predicted molar refractivity (Wildman–Crippen MR) is 226 cm³/mol. The van der Waals surface area contributed by atoms with Crippen molar-refractivity contribution in [3.63, 3.8) is 0 Å². The molecule has 296 valence electrons. The van der Waals surface area contributed by atoms with Crippen molar-refractivity contribution < 1.29 is 37.8 Å². The van der Waals surface area contributed by atoms with Crippen LogP contribution in [0.5, 0.6) is 0 Å². The molecule has 0 saturated carbocycles. The number of benzene rings is 4. The molecule has 10 heteroatoms. The zero-order valence-electron chi connectivity index (χ0n) is 33.8. The smallest absolute Gasteiger partial charge is 0.308 e. The summed E-state index contributed by atoms with van der Waals surface area (Å²) in [7, 11) is -2.65. The number of hydrogen-bond donors (Lipinski definition) is 1. The first kappa shape index (κ1) is 45.2. The van der Waals surface area contributed by atoms with Crippen molar-refractivity contribution in [1.29, 1.82) is 0 Å². The third-order valence-corrected chi connectivity index (χ3v) is 19.5. The van der Waals surface area contributed by atoms with Crippen molar-refractivity contribution in [3.8, 4) is 0 Å². The minimum absolute atomic E-state index is 0.0747. The number of ether oxygens (including phenoxy) is 3. The number of rotatable bonds is 17. The van der Waals surface area contributed by atoms with E-state index in [0.29, 0.717) is 13.2 Å². The molecule has 0 bridgehead atoms. The average Bonchev–Trinajstić information content (AvgIpc) is 3.18. The van der Waals surface area contributed by atoms with Gasteiger partial charge in [0.15, 0.2) is 0 Å². The molecule has 2 atom stereocenters. The second-order valence-corrected chi connectivity index (χ2v) is 24.0. The highest BCUT2D eigenvalue weighted by Gasteiger charge is 2.51. The Labute approximate surface area is 330 Å². The first-order valence-electron chi connectivity index (χ1n) is 18.7. The van der Waals surface area contributed by atoms with Crippen molar-refractivity contribution in [2.75, 3.05) is 34.0 Å². The summed E-state index contributed by atoms with van der Waals surface area (Å²) in [5.74, 6) is -0.756. The molecule has 0 aliphatic heterocycles. The molecular formula is C45H60O8Si2. The van der Waals surface area contributed by atoms with Crippen LogP contribution in [0.15, 0.2) is 134 Å². The summed E-state index contributed by atoms with van der Waals surface area (Å²) in [5, 5.41) is 14.6. The molecule has 0 saturated heterocycles. The topological polar surface area (TPSA) is 101 Å². The molecule has 0 aromatic heterocycles. The normalized spacial score (nSPS) is 13.1. The zero-order valence-corrected chi connectivity index (χ0v) is 35.8. The highest BCUT2D eigenvalue weighted by molar-refractivity contribution is 7.00. The fourth-order valence-corrected chi connectivity index (χ4v) is 16.1. The molecule has 55 heavy (non-hydrogen) atoms. The first-order valence-corrected chi connectivity index (χ1v) is 22.5. The minimum Gasteiger partial charge on any atom is -0.469 e. The van der Waals surface area contributed by atoms with Crippen LogP contribution in [0, 0.1) is 0 Å². The van der Waals surface area contributed by atoms with Gasteiger partial charge in [0.2, 0.25) is 0 Å². The fraction of sp³-hybridized carbons (Fsp3) is 0.378. The van der Waals surface area contributed by atoms with Gasteiger partial charge < -0.3 is 28.2 Å². The Morgan fingerprint density at radius 1 is 0.600 bits per heavy atom. The molecular weight excluding hydrogens is 725 g/mol. The molecule has 0 heterocycles. The highest BCUT2D eigenvalue weighted by Crippen LogP contribution is 2.38. The molecule has 0 fully saturated rings. The summed E-state index contributed by atoms with van der Waals surface area (Å²) in [4.78, 5) is 23.3. The van der Waals surface area contributed by atoms with Gasteiger partial charge in [0, 0.05) is 0 Å². The Morgan fingerprint density at radius 3 is 1.24 bits per heavy atom. The molecule has 4 aromatic rings. The number of esters is 2. The number of carbonyl (C=O) groups is 2. The maximum absolute atomic E-state index is 11.9. The quantitative estimate of drug-likeness (QED) is 0.0770. The maximum atomic E-state index is 11.9. The third-order valence-electron chi connectivity index (χ3n) is 9.51. The van der Waals surface area contributed by atoms with E-state index in [0.717, 1.165) is 10.4 Å². The lowest BCUT2D eigenvalue weighted by atomic mass is 10.2. The monoisotopic (exact) mass is 784 g/mol. The molecule has 0 radical (unpaired) electrons. The Hall–Kier alpha value is -4.17. The van der Waals surface area contributed by atoms with Crippen LogP contribution in [0.4, 0.5) is 0 Å². The van der Waals surface area contributed by atoms with Crippen molar-refractivity contribution >= 4 is 49.3 Å². The lowest BCUT2D eigenvalue weighted by Crippen LogP contribution is -2.67. The van der Waals surface area contributed by atoms with Crippen LogP contribution >= 0.6 is 0 Å². The van der Waals surface area contributed by atoms with Crippen LogP contribution in [0.2, 0.25) is 10.1 Å². The van der Waals surface area contributed by atoms with Gasteiger partial charge in [-0.15, -0.1) is 6.58 Å². The zero-order chi connectivity index (χ0) is 40.5. The molecule has 8 nitrogen and oxygen atoms in total. The van der Waals surface area contributed by atoms with Gasteiger partial charge in [-0.05, 0) is 30.8 Å². The van der Waals surface area contributed by atoms with Crippen LogP contribution in [0.25, 0.3) is 0 Å². The highest BCUT2D eigenvalue weighted by atomic mass is 28.4. The molecule has 4 rings (SSSR count). The third kappa shape index (κ3) is 11.9. The average molecular weight is 785 g/mol. The Bertz CT molecular complexity index is 1640. The van der Waals surface area contributed by atoms with E-state index in [1.54, 1.807) is 6.08 Å². The maximum Gasteiger partial charge on any atom is 0.308 e. The summed E-state index contributed by atoms with van der Waals surface area (Å²) in [6.45, 7) is 17.6. The number of methoxy groups -OCH3 is 2. The van der Waals surface area contributed by atoms with Crippen LogP contribution in [-0.4, -0.2) is 79.9 Å². The summed E-state index contributed by atoms with van der Waals surface area (Å²) >= 11 is 0. The molecule has 4 aromatic carbocycles. The van der Waals surface area contributed by atoms with Crippen molar-refractivity contribution in [2.45, 2.75) is 76.7 Å². The van der Waals surface area contributed by atoms with Crippen LogP contribution in [0.1, 0.15) is 54.4 Å². The molecule has 0 amide bonds. The van der Waals surface area contributed by atoms with Crippen molar-refractivity contribution in [1.82, 2.24) is 0 Å². The largest absolute Gasteiger partial charge is 0.469 e. The molecule has 0 spiro atoms. The number of carbonyl (C=O) groups excluding carboxylic acids is 2. The lowest BCUT2D eigenvalue weighted by Gasteiger charge is -2.43. The van der Waals surface area contributed by atoms with E-state index in [1.165, 1.54) is 24.6 Å². The van der Waals surface area contributed by atoms with Crippen LogP contribution < -0.4 is 20.7 Å². The van der Waals surface area contributed by atoms with E-state index >= 15 is 0 Å². The number of aliphatic hydroxyl groups is 1. The summed E-state index contributed by atoms with van der Waals surface area (Å²) in [6, 6.07) is 41.2. The Morgan fingerprint density at radius 2 is 0.927 bits per heavy atom. The molecule has 0 aliphatic rings. The fourth-order valence-electron chi connectivity index (χ4n) is 6.94. The standard InChI is InChI=1S/C24H32O4Si.C21H28O4Si/c1-6-17-27-20(18-23(25)26-5)19-28-29(24(2,3)4,21-13-9-7-10-14-21)22-15-11-8-12-16-22;1-21(2,3)26(18-11-7-5-8-12-18,19-13-9-6-10-14-19)25-16-17(22)15-20(23)24-4/h6-16,20H,1,17-19H2,2-5H3;5-14,17,22H,15-16H2,1-4H3/t20-;17-/m00/s1. The van der Waals surface area contributed by atoms with E-state index in [4.69, 9.17) is 18.3 Å². The van der Waals surface area contributed by atoms with E-state index in [2.05, 4.69) is 126 Å². The van der Waals surface area contributed by atoms with E-state index < -0.39 is 34.8 Å². The molecule has 1 N–H and O–H groups in total. The van der Waals surface area contributed by atoms with Gasteiger partial charge in [-0.3, -0.25) is 9.59 Å². The molecule has 0 unspecified atom stereocenters. The van der Waals surface area contributed by atoms with Gasteiger partial charge in [-0.2, -0.15) is 0 Å². The van der Waals surface area contributed by atoms with E-state index in [9.17, 15) is 14.7 Å². The van der Waals surface area contributed by atoms with Gasteiger partial charge in [0.05, 0.1) is 59.1 Å². The van der Waals surface area contributed by atoms with Crippen LogP contribution in [-0.2, 0) is 32.7 Å². The van der Waals surface area contributed by atoms with E-state index in [-0.39, 0.29) is 35.5 Å². The van der Waals surface area contributed by atoms with Gasteiger partial charge in [0.1, 0.15) is 0 Å².